The fraction of sp³-hybridized carbons (Fsp3) is 0.933. The van der Waals surface area contributed by atoms with Gasteiger partial charge in [0.1, 0.15) is 0 Å². The lowest BCUT2D eigenvalue weighted by atomic mass is 9.82. The van der Waals surface area contributed by atoms with Gasteiger partial charge in [-0.05, 0) is 31.6 Å². The Morgan fingerprint density at radius 3 is 2.61 bits per heavy atom. The van der Waals surface area contributed by atoms with Crippen LogP contribution in [0.5, 0.6) is 0 Å². The van der Waals surface area contributed by atoms with Crippen molar-refractivity contribution in [3.63, 3.8) is 0 Å². The van der Waals surface area contributed by atoms with Gasteiger partial charge in [-0.3, -0.25) is 10.1 Å². The summed E-state index contributed by atoms with van der Waals surface area (Å²) in [6, 6.07) is 0.476. The molecule has 0 aromatic rings. The van der Waals surface area contributed by atoms with E-state index in [9.17, 15) is 4.79 Å². The highest BCUT2D eigenvalue weighted by Gasteiger charge is 2.38. The molecule has 1 aliphatic heterocycles. The van der Waals surface area contributed by atoms with Crippen molar-refractivity contribution < 1.29 is 4.79 Å². The Labute approximate surface area is 111 Å². The summed E-state index contributed by atoms with van der Waals surface area (Å²) in [6.45, 7) is 4.99. The lowest BCUT2D eigenvalue weighted by molar-refractivity contribution is -0.132. The first-order valence-electron chi connectivity index (χ1n) is 7.82. The normalized spacial score (nSPS) is 27.8. The molecule has 1 saturated heterocycles. The maximum absolute atomic E-state index is 12.2. The molecule has 1 heterocycles. The van der Waals surface area contributed by atoms with Gasteiger partial charge in [0.2, 0.25) is 5.91 Å². The second-order valence-electron chi connectivity index (χ2n) is 5.86. The summed E-state index contributed by atoms with van der Waals surface area (Å²) in [5.41, 5.74) is 0. The standard InChI is InChI=1S/C15H28N2O/c1-3-8-14-16-11-15(18)17(14)13(4-2)12-9-6-5-7-10-12/h12-14,16H,3-11H2,1-2H3. The fourth-order valence-electron chi connectivity index (χ4n) is 3.78. The molecule has 2 aliphatic rings. The Morgan fingerprint density at radius 2 is 2.00 bits per heavy atom. The van der Waals surface area contributed by atoms with Crippen LogP contribution >= 0.6 is 0 Å². The van der Waals surface area contributed by atoms with Crippen LogP contribution in [0.3, 0.4) is 0 Å². The van der Waals surface area contributed by atoms with Crippen molar-refractivity contribution >= 4 is 5.91 Å². The number of nitrogens with one attached hydrogen (secondary N) is 1. The molecule has 104 valence electrons. The maximum atomic E-state index is 12.2. The molecular weight excluding hydrogens is 224 g/mol. The number of carbonyl (C=O) groups excluding carboxylic acids is 1. The average Bonchev–Trinajstić information content (AvgIpc) is 2.75. The minimum Gasteiger partial charge on any atom is -0.323 e. The first kappa shape index (κ1) is 13.9. The van der Waals surface area contributed by atoms with E-state index in [-0.39, 0.29) is 0 Å². The van der Waals surface area contributed by atoms with Gasteiger partial charge in [-0.1, -0.05) is 39.5 Å². The van der Waals surface area contributed by atoms with Crippen molar-refractivity contribution in [2.24, 2.45) is 5.92 Å². The second kappa shape index (κ2) is 6.55. The van der Waals surface area contributed by atoms with Crippen LogP contribution in [0.25, 0.3) is 0 Å². The first-order valence-corrected chi connectivity index (χ1v) is 7.82. The van der Waals surface area contributed by atoms with Gasteiger partial charge >= 0.3 is 0 Å². The molecule has 1 aliphatic carbocycles. The Morgan fingerprint density at radius 1 is 1.28 bits per heavy atom. The number of hydrogen-bond donors (Lipinski definition) is 1. The smallest absolute Gasteiger partial charge is 0.238 e. The molecule has 2 rings (SSSR count). The third kappa shape index (κ3) is 2.87. The SMILES string of the molecule is CCCC1NCC(=O)N1C(CC)C1CCCCC1. The van der Waals surface area contributed by atoms with Crippen molar-refractivity contribution in [1.82, 2.24) is 10.2 Å². The topological polar surface area (TPSA) is 32.3 Å². The molecule has 1 saturated carbocycles. The van der Waals surface area contributed by atoms with Gasteiger partial charge in [0.15, 0.2) is 0 Å². The zero-order valence-corrected chi connectivity index (χ0v) is 12.0. The van der Waals surface area contributed by atoms with E-state index in [1.807, 2.05) is 0 Å². The summed E-state index contributed by atoms with van der Waals surface area (Å²) in [5, 5.41) is 3.39. The van der Waals surface area contributed by atoms with Crippen molar-refractivity contribution in [2.75, 3.05) is 6.54 Å². The molecule has 0 radical (unpaired) electrons. The Hall–Kier alpha value is -0.570. The van der Waals surface area contributed by atoms with Crippen LogP contribution in [0.15, 0.2) is 0 Å². The molecule has 1 amide bonds. The fourth-order valence-corrected chi connectivity index (χ4v) is 3.78. The van der Waals surface area contributed by atoms with Crippen LogP contribution in [-0.4, -0.2) is 29.6 Å². The van der Waals surface area contributed by atoms with E-state index in [0.29, 0.717) is 24.7 Å². The van der Waals surface area contributed by atoms with E-state index in [1.165, 1.54) is 32.1 Å². The van der Waals surface area contributed by atoms with Gasteiger partial charge in [0.25, 0.3) is 0 Å². The number of hydrogen-bond acceptors (Lipinski definition) is 2. The zero-order valence-electron chi connectivity index (χ0n) is 12.0. The van der Waals surface area contributed by atoms with E-state index >= 15 is 0 Å². The summed E-state index contributed by atoms with van der Waals surface area (Å²) in [5.74, 6) is 1.07. The van der Waals surface area contributed by atoms with Crippen LogP contribution in [0, 0.1) is 5.92 Å². The molecule has 2 atom stereocenters. The van der Waals surface area contributed by atoms with Crippen molar-refractivity contribution in [3.05, 3.63) is 0 Å². The van der Waals surface area contributed by atoms with Crippen LogP contribution in [-0.2, 0) is 4.79 Å². The lowest BCUT2D eigenvalue weighted by Crippen LogP contribution is -2.48. The van der Waals surface area contributed by atoms with Crippen molar-refractivity contribution in [2.45, 2.75) is 77.4 Å². The van der Waals surface area contributed by atoms with E-state index in [1.54, 1.807) is 0 Å². The molecule has 0 aromatic heterocycles. The van der Waals surface area contributed by atoms with Crippen LogP contribution in [0.2, 0.25) is 0 Å². The zero-order chi connectivity index (χ0) is 13.0. The minimum absolute atomic E-state index is 0.300. The molecule has 0 aromatic carbocycles. The Kier molecular flexibility index (Phi) is 5.04. The molecule has 18 heavy (non-hydrogen) atoms. The first-order chi connectivity index (χ1) is 8.77. The molecule has 3 heteroatoms. The molecule has 1 N–H and O–H groups in total. The highest BCUT2D eigenvalue weighted by molar-refractivity contribution is 5.81. The summed E-state index contributed by atoms with van der Waals surface area (Å²) >= 11 is 0. The average molecular weight is 252 g/mol. The maximum Gasteiger partial charge on any atom is 0.238 e. The molecule has 2 fully saturated rings. The second-order valence-corrected chi connectivity index (χ2v) is 5.86. The minimum atomic E-state index is 0.300. The van der Waals surface area contributed by atoms with Gasteiger partial charge in [-0.2, -0.15) is 0 Å². The Bertz CT molecular complexity index is 274. The van der Waals surface area contributed by atoms with Crippen LogP contribution < -0.4 is 5.32 Å². The Balaban J connectivity index is 2.06. The van der Waals surface area contributed by atoms with Gasteiger partial charge in [0, 0.05) is 6.04 Å². The third-order valence-corrected chi connectivity index (χ3v) is 4.64. The highest BCUT2D eigenvalue weighted by Crippen LogP contribution is 2.32. The summed E-state index contributed by atoms with van der Waals surface area (Å²) < 4.78 is 0. The summed E-state index contributed by atoms with van der Waals surface area (Å²) in [6.07, 6.45) is 10.4. The molecule has 0 spiro atoms. The van der Waals surface area contributed by atoms with E-state index in [2.05, 4.69) is 24.1 Å². The van der Waals surface area contributed by atoms with Gasteiger partial charge in [-0.15, -0.1) is 0 Å². The predicted molar refractivity (Wildman–Crippen MR) is 74.2 cm³/mol. The molecule has 3 nitrogen and oxygen atoms in total. The van der Waals surface area contributed by atoms with Gasteiger partial charge < -0.3 is 4.90 Å². The van der Waals surface area contributed by atoms with Crippen molar-refractivity contribution in [3.8, 4) is 0 Å². The quantitative estimate of drug-likeness (QED) is 0.816. The lowest BCUT2D eigenvalue weighted by Gasteiger charge is -2.39. The number of carbonyl (C=O) groups is 1. The number of nitrogens with zero attached hydrogens (tertiary/aromatic N) is 1. The summed E-state index contributed by atoms with van der Waals surface area (Å²) in [4.78, 5) is 14.4. The number of rotatable bonds is 5. The van der Waals surface area contributed by atoms with Crippen LogP contribution in [0.4, 0.5) is 0 Å². The monoisotopic (exact) mass is 252 g/mol. The van der Waals surface area contributed by atoms with E-state index < -0.39 is 0 Å². The highest BCUT2D eigenvalue weighted by atomic mass is 16.2. The molecular formula is C15H28N2O. The van der Waals surface area contributed by atoms with Gasteiger partial charge in [-0.25, -0.2) is 0 Å². The van der Waals surface area contributed by atoms with Gasteiger partial charge in [0.05, 0.1) is 12.7 Å². The molecule has 2 unspecified atom stereocenters. The third-order valence-electron chi connectivity index (χ3n) is 4.64. The summed E-state index contributed by atoms with van der Waals surface area (Å²) in [7, 11) is 0. The largest absolute Gasteiger partial charge is 0.323 e. The van der Waals surface area contributed by atoms with Crippen molar-refractivity contribution in [1.29, 1.82) is 0 Å². The van der Waals surface area contributed by atoms with Crippen LogP contribution in [0.1, 0.15) is 65.2 Å². The van der Waals surface area contributed by atoms with E-state index in [0.717, 1.165) is 25.2 Å². The number of amides is 1. The molecule has 0 bridgehead atoms. The predicted octanol–water partition coefficient (Wildman–Crippen LogP) is 2.90. The van der Waals surface area contributed by atoms with E-state index in [4.69, 9.17) is 0 Å².